The van der Waals surface area contributed by atoms with Gasteiger partial charge in [-0.2, -0.15) is 0 Å². The molecule has 7 heteroatoms. The van der Waals surface area contributed by atoms with Crippen LogP contribution in [0.3, 0.4) is 0 Å². The number of amides is 3. The van der Waals surface area contributed by atoms with Crippen LogP contribution in [0.1, 0.15) is 5.56 Å². The van der Waals surface area contributed by atoms with Gasteiger partial charge < -0.3 is 5.32 Å². The lowest BCUT2D eigenvalue weighted by Crippen LogP contribution is -2.30. The fourth-order valence-corrected chi connectivity index (χ4v) is 1.61. The molecule has 0 unspecified atom stereocenters. The molecule has 3 amide bonds. The molecule has 0 aromatic heterocycles. The minimum Gasteiger partial charge on any atom is -0.329 e. The van der Waals surface area contributed by atoms with Gasteiger partial charge in [-0.1, -0.05) is 11.6 Å². The van der Waals surface area contributed by atoms with E-state index in [-0.39, 0.29) is 18.7 Å². The molecule has 0 radical (unpaired) electrons. The number of rotatable bonds is 2. The second-order valence-electron chi connectivity index (χ2n) is 3.51. The van der Waals surface area contributed by atoms with Crippen molar-refractivity contribution in [2.24, 2.45) is 0 Å². The normalized spacial score (nSPS) is 15.4. The van der Waals surface area contributed by atoms with Crippen molar-refractivity contribution in [2.45, 2.75) is 6.54 Å². The number of urea groups is 1. The van der Waals surface area contributed by atoms with E-state index in [1.54, 1.807) is 0 Å². The Morgan fingerprint density at radius 1 is 1.29 bits per heavy atom. The Balaban J connectivity index is 2.25. The first-order chi connectivity index (χ1) is 7.99. The lowest BCUT2D eigenvalue weighted by atomic mass is 10.2. The Bertz CT molecular complexity index is 468. The summed E-state index contributed by atoms with van der Waals surface area (Å²) in [4.78, 5) is 23.3. The minimum atomic E-state index is -0.922. The first-order valence-electron chi connectivity index (χ1n) is 4.70. The number of carbonyl (C=O) groups is 2. The fraction of sp³-hybridized carbons (Fsp3) is 0.200. The summed E-state index contributed by atoms with van der Waals surface area (Å²) in [7, 11) is 0. The van der Waals surface area contributed by atoms with Crippen LogP contribution in [0.4, 0.5) is 13.6 Å². The van der Waals surface area contributed by atoms with E-state index in [1.165, 1.54) is 0 Å². The first-order valence-corrected chi connectivity index (χ1v) is 5.08. The van der Waals surface area contributed by atoms with E-state index in [1.807, 2.05) is 0 Å². The Kier molecular flexibility index (Phi) is 2.97. The summed E-state index contributed by atoms with van der Waals surface area (Å²) in [5.41, 5.74) is 0.162. The SMILES string of the molecule is O=C1CNC(=O)N1Cc1cc(F)c(Cl)c(F)c1. The van der Waals surface area contributed by atoms with Gasteiger partial charge in [0.25, 0.3) is 0 Å². The highest BCUT2D eigenvalue weighted by Gasteiger charge is 2.28. The standard InChI is InChI=1S/C10H7ClF2N2O2/c11-9-6(12)1-5(2-7(9)13)4-15-8(16)3-14-10(15)17/h1-2H,3-4H2,(H,14,17). The van der Waals surface area contributed by atoms with Crippen LogP contribution in [-0.4, -0.2) is 23.4 Å². The highest BCUT2D eigenvalue weighted by Crippen LogP contribution is 2.21. The molecule has 0 atom stereocenters. The number of halogens is 3. The van der Waals surface area contributed by atoms with E-state index in [9.17, 15) is 18.4 Å². The topological polar surface area (TPSA) is 49.4 Å². The van der Waals surface area contributed by atoms with Crippen LogP contribution in [0.15, 0.2) is 12.1 Å². The van der Waals surface area contributed by atoms with Crippen LogP contribution in [0, 0.1) is 11.6 Å². The van der Waals surface area contributed by atoms with Crippen molar-refractivity contribution in [1.82, 2.24) is 10.2 Å². The second kappa shape index (κ2) is 4.29. The molecule has 4 nitrogen and oxygen atoms in total. The molecule has 0 aliphatic carbocycles. The molecule has 17 heavy (non-hydrogen) atoms. The number of hydrogen-bond donors (Lipinski definition) is 1. The molecule has 1 heterocycles. The van der Waals surface area contributed by atoms with E-state index in [0.29, 0.717) is 0 Å². The molecule has 90 valence electrons. The maximum absolute atomic E-state index is 13.1. The predicted octanol–water partition coefficient (Wildman–Crippen LogP) is 1.67. The molecule has 0 spiro atoms. The second-order valence-corrected chi connectivity index (χ2v) is 3.89. The van der Waals surface area contributed by atoms with E-state index in [4.69, 9.17) is 11.6 Å². The van der Waals surface area contributed by atoms with Crippen molar-refractivity contribution in [2.75, 3.05) is 6.54 Å². The van der Waals surface area contributed by atoms with Gasteiger partial charge in [0.1, 0.15) is 16.7 Å². The largest absolute Gasteiger partial charge is 0.329 e. The van der Waals surface area contributed by atoms with Gasteiger partial charge in [0.15, 0.2) is 0 Å². The molecular weight excluding hydrogens is 254 g/mol. The monoisotopic (exact) mass is 260 g/mol. The van der Waals surface area contributed by atoms with Gasteiger partial charge in [-0.25, -0.2) is 13.6 Å². The molecule has 1 saturated heterocycles. The summed E-state index contributed by atoms with van der Waals surface area (Å²) in [5.74, 6) is -2.28. The quantitative estimate of drug-likeness (QED) is 0.650. The van der Waals surface area contributed by atoms with Gasteiger partial charge in [0.05, 0.1) is 13.1 Å². The molecule has 1 aromatic rings. The van der Waals surface area contributed by atoms with Gasteiger partial charge in [-0.05, 0) is 17.7 Å². The zero-order chi connectivity index (χ0) is 12.6. The minimum absolute atomic E-state index is 0.0998. The van der Waals surface area contributed by atoms with Crippen molar-refractivity contribution in [3.05, 3.63) is 34.4 Å². The third kappa shape index (κ3) is 2.21. The summed E-state index contributed by atoms with van der Waals surface area (Å²) in [5, 5.41) is 1.70. The Labute approximate surface area is 100 Å². The van der Waals surface area contributed by atoms with Gasteiger partial charge in [0, 0.05) is 0 Å². The van der Waals surface area contributed by atoms with Crippen molar-refractivity contribution in [3.8, 4) is 0 Å². The molecule has 1 fully saturated rings. The number of carbonyl (C=O) groups excluding carboxylic acids is 2. The molecule has 1 N–H and O–H groups in total. The highest BCUT2D eigenvalue weighted by atomic mass is 35.5. The fourth-order valence-electron chi connectivity index (χ4n) is 1.50. The zero-order valence-corrected chi connectivity index (χ0v) is 9.22. The smallest absolute Gasteiger partial charge is 0.324 e. The van der Waals surface area contributed by atoms with Crippen molar-refractivity contribution < 1.29 is 18.4 Å². The maximum atomic E-state index is 13.1. The summed E-state index contributed by atoms with van der Waals surface area (Å²) < 4.78 is 26.3. The van der Waals surface area contributed by atoms with Gasteiger partial charge in [0.2, 0.25) is 5.91 Å². The average molecular weight is 261 g/mol. The Morgan fingerprint density at radius 2 is 1.88 bits per heavy atom. The Hall–Kier alpha value is -1.69. The molecule has 1 aromatic carbocycles. The Morgan fingerprint density at radius 3 is 2.35 bits per heavy atom. The van der Waals surface area contributed by atoms with Gasteiger partial charge in [-0.15, -0.1) is 0 Å². The number of hydrogen-bond acceptors (Lipinski definition) is 2. The third-order valence-corrected chi connectivity index (χ3v) is 2.68. The predicted molar refractivity (Wildman–Crippen MR) is 55.3 cm³/mol. The van der Waals surface area contributed by atoms with Crippen molar-refractivity contribution in [3.63, 3.8) is 0 Å². The highest BCUT2D eigenvalue weighted by molar-refractivity contribution is 6.30. The summed E-state index contributed by atoms with van der Waals surface area (Å²) in [6.07, 6.45) is 0. The average Bonchev–Trinajstić information content (AvgIpc) is 2.57. The van der Waals surface area contributed by atoms with Gasteiger partial charge in [-0.3, -0.25) is 9.69 Å². The number of imide groups is 1. The molecule has 1 aliphatic rings. The van der Waals surface area contributed by atoms with Crippen LogP contribution in [-0.2, 0) is 11.3 Å². The van der Waals surface area contributed by atoms with Crippen molar-refractivity contribution >= 4 is 23.5 Å². The van der Waals surface area contributed by atoms with Crippen LogP contribution >= 0.6 is 11.6 Å². The lowest BCUT2D eigenvalue weighted by molar-refractivity contribution is -0.125. The molecular formula is C10H7ClF2N2O2. The van der Waals surface area contributed by atoms with E-state index in [0.717, 1.165) is 17.0 Å². The first kappa shape index (κ1) is 11.8. The van der Waals surface area contributed by atoms with Gasteiger partial charge >= 0.3 is 6.03 Å². The third-order valence-electron chi connectivity index (χ3n) is 2.32. The molecule has 1 aliphatic heterocycles. The number of benzene rings is 1. The van der Waals surface area contributed by atoms with Crippen molar-refractivity contribution in [1.29, 1.82) is 0 Å². The summed E-state index contributed by atoms with van der Waals surface area (Å²) in [6.45, 7) is -0.285. The van der Waals surface area contributed by atoms with Crippen LogP contribution in [0.5, 0.6) is 0 Å². The van der Waals surface area contributed by atoms with Crippen LogP contribution in [0.2, 0.25) is 5.02 Å². The number of nitrogens with one attached hydrogen (secondary N) is 1. The number of nitrogens with zero attached hydrogens (tertiary/aromatic N) is 1. The van der Waals surface area contributed by atoms with E-state index >= 15 is 0 Å². The zero-order valence-electron chi connectivity index (χ0n) is 8.47. The van der Waals surface area contributed by atoms with Crippen LogP contribution in [0.25, 0.3) is 0 Å². The van der Waals surface area contributed by atoms with E-state index < -0.39 is 28.6 Å². The summed E-state index contributed by atoms with van der Waals surface area (Å²) in [6, 6.07) is 1.40. The molecule has 0 bridgehead atoms. The summed E-state index contributed by atoms with van der Waals surface area (Å²) >= 11 is 5.31. The van der Waals surface area contributed by atoms with Crippen LogP contribution < -0.4 is 5.32 Å². The van der Waals surface area contributed by atoms with E-state index in [2.05, 4.69) is 5.32 Å². The maximum Gasteiger partial charge on any atom is 0.324 e. The molecule has 2 rings (SSSR count). The lowest BCUT2D eigenvalue weighted by Gasteiger charge is -2.12. The molecule has 0 saturated carbocycles.